The number of carbonyl (C=O) groups excluding carboxylic acids is 2. The van der Waals surface area contributed by atoms with Gasteiger partial charge in [0.15, 0.2) is 0 Å². The molecular weight excluding hydrogens is 298 g/mol. The van der Waals surface area contributed by atoms with Crippen LogP contribution in [0.5, 0.6) is 0 Å². The Bertz CT molecular complexity index is 668. The van der Waals surface area contributed by atoms with Crippen LogP contribution in [-0.4, -0.2) is 46.8 Å². The zero-order valence-electron chi connectivity index (χ0n) is 13.1. The summed E-state index contributed by atoms with van der Waals surface area (Å²) in [5.41, 5.74) is 1.57. The standard InChI is InChI=1S/C16H21N3O2S/c1-4-11(10-22-3)19(2)16(21)15(20)18-14-7-5-6-13-12(14)8-9-17-13/h5-9,11,17H,4,10H2,1-3H3,(H,18,20)/t11-/m1/s1. The second-order valence-corrected chi connectivity index (χ2v) is 6.04. The Labute approximate surface area is 134 Å². The van der Waals surface area contributed by atoms with Crippen LogP contribution < -0.4 is 5.32 Å². The van der Waals surface area contributed by atoms with Crippen molar-refractivity contribution in [3.05, 3.63) is 30.5 Å². The van der Waals surface area contributed by atoms with Gasteiger partial charge in [0.1, 0.15) is 0 Å². The van der Waals surface area contributed by atoms with Gasteiger partial charge in [-0.1, -0.05) is 13.0 Å². The third-order valence-electron chi connectivity index (χ3n) is 3.74. The second-order valence-electron chi connectivity index (χ2n) is 5.13. The van der Waals surface area contributed by atoms with Gasteiger partial charge < -0.3 is 15.2 Å². The van der Waals surface area contributed by atoms with Gasteiger partial charge >= 0.3 is 11.8 Å². The first-order valence-corrected chi connectivity index (χ1v) is 8.61. The van der Waals surface area contributed by atoms with Crippen LogP contribution >= 0.6 is 11.8 Å². The maximum atomic E-state index is 12.3. The molecule has 0 aliphatic heterocycles. The number of benzene rings is 1. The zero-order chi connectivity index (χ0) is 16.1. The van der Waals surface area contributed by atoms with Crippen LogP contribution in [0.25, 0.3) is 10.9 Å². The van der Waals surface area contributed by atoms with E-state index in [0.29, 0.717) is 5.69 Å². The molecule has 2 aromatic rings. The first-order chi connectivity index (χ1) is 10.6. The summed E-state index contributed by atoms with van der Waals surface area (Å²) < 4.78 is 0. The van der Waals surface area contributed by atoms with Crippen molar-refractivity contribution in [1.29, 1.82) is 0 Å². The number of hydrogen-bond donors (Lipinski definition) is 2. The quantitative estimate of drug-likeness (QED) is 0.833. The fourth-order valence-electron chi connectivity index (χ4n) is 2.39. The van der Waals surface area contributed by atoms with E-state index in [4.69, 9.17) is 0 Å². The van der Waals surface area contributed by atoms with Crippen LogP contribution in [0.4, 0.5) is 5.69 Å². The molecule has 6 heteroatoms. The number of likely N-dealkylation sites (N-methyl/N-ethyl adjacent to an activating group) is 1. The first kappa shape index (κ1) is 16.4. The summed E-state index contributed by atoms with van der Waals surface area (Å²) in [4.78, 5) is 29.1. The van der Waals surface area contributed by atoms with Gasteiger partial charge in [-0.15, -0.1) is 0 Å². The van der Waals surface area contributed by atoms with Crippen LogP contribution in [0.1, 0.15) is 13.3 Å². The van der Waals surface area contributed by atoms with Crippen molar-refractivity contribution in [2.45, 2.75) is 19.4 Å². The number of fused-ring (bicyclic) bond motifs is 1. The van der Waals surface area contributed by atoms with Crippen LogP contribution in [0.2, 0.25) is 0 Å². The molecule has 0 radical (unpaired) electrons. The number of anilines is 1. The molecule has 0 saturated carbocycles. The number of aromatic amines is 1. The molecule has 0 aliphatic rings. The molecule has 22 heavy (non-hydrogen) atoms. The van der Waals surface area contributed by atoms with E-state index >= 15 is 0 Å². The smallest absolute Gasteiger partial charge is 0.313 e. The molecule has 2 rings (SSSR count). The molecule has 0 unspecified atom stereocenters. The van der Waals surface area contributed by atoms with Gasteiger partial charge in [0.25, 0.3) is 0 Å². The predicted molar refractivity (Wildman–Crippen MR) is 92.2 cm³/mol. The number of amides is 2. The molecule has 0 bridgehead atoms. The van der Waals surface area contributed by atoms with Gasteiger partial charge in [0.2, 0.25) is 0 Å². The van der Waals surface area contributed by atoms with Crippen molar-refractivity contribution in [2.24, 2.45) is 0 Å². The lowest BCUT2D eigenvalue weighted by molar-refractivity contribution is -0.143. The van der Waals surface area contributed by atoms with E-state index in [-0.39, 0.29) is 6.04 Å². The largest absolute Gasteiger partial charge is 0.361 e. The molecule has 0 aliphatic carbocycles. The van der Waals surface area contributed by atoms with E-state index in [1.54, 1.807) is 31.1 Å². The van der Waals surface area contributed by atoms with Crippen molar-refractivity contribution in [2.75, 3.05) is 24.4 Å². The van der Waals surface area contributed by atoms with Crippen molar-refractivity contribution in [1.82, 2.24) is 9.88 Å². The van der Waals surface area contributed by atoms with Crippen molar-refractivity contribution < 1.29 is 9.59 Å². The Morgan fingerprint density at radius 3 is 2.82 bits per heavy atom. The van der Waals surface area contributed by atoms with Crippen LogP contribution in [0.3, 0.4) is 0 Å². The number of rotatable bonds is 5. The Morgan fingerprint density at radius 2 is 2.14 bits per heavy atom. The summed E-state index contributed by atoms with van der Waals surface area (Å²) in [5, 5.41) is 3.61. The van der Waals surface area contributed by atoms with Crippen LogP contribution in [0.15, 0.2) is 30.5 Å². The highest BCUT2D eigenvalue weighted by Crippen LogP contribution is 2.22. The Hall–Kier alpha value is -1.95. The number of aromatic nitrogens is 1. The summed E-state index contributed by atoms with van der Waals surface area (Å²) >= 11 is 1.67. The molecular formula is C16H21N3O2S. The van der Waals surface area contributed by atoms with Gasteiger partial charge in [-0.25, -0.2) is 0 Å². The molecule has 2 amide bonds. The Morgan fingerprint density at radius 1 is 1.36 bits per heavy atom. The maximum absolute atomic E-state index is 12.3. The molecule has 1 aromatic carbocycles. The number of thioether (sulfide) groups is 1. The average Bonchev–Trinajstić information content (AvgIpc) is 3.00. The molecule has 5 nitrogen and oxygen atoms in total. The monoisotopic (exact) mass is 319 g/mol. The van der Waals surface area contributed by atoms with Gasteiger partial charge in [-0.05, 0) is 30.9 Å². The fourth-order valence-corrected chi connectivity index (χ4v) is 3.24. The molecule has 0 fully saturated rings. The van der Waals surface area contributed by atoms with Crippen LogP contribution in [0, 0.1) is 0 Å². The van der Waals surface area contributed by atoms with Gasteiger partial charge in [-0.3, -0.25) is 9.59 Å². The van der Waals surface area contributed by atoms with E-state index in [2.05, 4.69) is 10.3 Å². The SMILES string of the molecule is CC[C@H](CSC)N(C)C(=O)C(=O)Nc1cccc2[nH]ccc12. The highest BCUT2D eigenvalue weighted by molar-refractivity contribution is 7.98. The lowest BCUT2D eigenvalue weighted by atomic mass is 10.2. The maximum Gasteiger partial charge on any atom is 0.313 e. The normalized spacial score (nSPS) is 12.1. The van der Waals surface area contributed by atoms with Crippen molar-refractivity contribution in [3.63, 3.8) is 0 Å². The molecule has 118 valence electrons. The third kappa shape index (κ3) is 3.44. The molecule has 2 N–H and O–H groups in total. The van der Waals surface area contributed by atoms with Gasteiger partial charge in [-0.2, -0.15) is 11.8 Å². The number of hydrogen-bond acceptors (Lipinski definition) is 3. The minimum Gasteiger partial charge on any atom is -0.361 e. The van der Waals surface area contributed by atoms with Gasteiger partial charge in [0, 0.05) is 35.9 Å². The summed E-state index contributed by atoms with van der Waals surface area (Å²) in [6, 6.07) is 7.49. The number of H-pyrrole nitrogens is 1. The summed E-state index contributed by atoms with van der Waals surface area (Å²) in [7, 11) is 1.68. The number of nitrogens with one attached hydrogen (secondary N) is 2. The minimum atomic E-state index is -0.601. The number of carbonyl (C=O) groups is 2. The Balaban J connectivity index is 2.11. The van der Waals surface area contributed by atoms with E-state index in [1.165, 1.54) is 4.90 Å². The predicted octanol–water partition coefficient (Wildman–Crippen LogP) is 2.71. The third-order valence-corrected chi connectivity index (χ3v) is 4.45. The highest BCUT2D eigenvalue weighted by atomic mass is 32.2. The lowest BCUT2D eigenvalue weighted by Gasteiger charge is -2.26. The molecule has 1 heterocycles. The van der Waals surface area contributed by atoms with E-state index in [1.807, 2.05) is 31.4 Å². The first-order valence-electron chi connectivity index (χ1n) is 7.21. The lowest BCUT2D eigenvalue weighted by Crippen LogP contribution is -2.44. The van der Waals surface area contributed by atoms with E-state index in [0.717, 1.165) is 23.1 Å². The molecule has 1 atom stereocenters. The second kappa shape index (κ2) is 7.35. The molecule has 0 spiro atoms. The fraction of sp³-hybridized carbons (Fsp3) is 0.375. The Kier molecular flexibility index (Phi) is 5.49. The average molecular weight is 319 g/mol. The van der Waals surface area contributed by atoms with Gasteiger partial charge in [0.05, 0.1) is 5.69 Å². The topological polar surface area (TPSA) is 65.2 Å². The van der Waals surface area contributed by atoms with E-state index in [9.17, 15) is 9.59 Å². The summed E-state index contributed by atoms with van der Waals surface area (Å²) in [5.74, 6) is -0.288. The highest BCUT2D eigenvalue weighted by Gasteiger charge is 2.24. The molecule has 1 aromatic heterocycles. The summed E-state index contributed by atoms with van der Waals surface area (Å²) in [6.45, 7) is 2.02. The van der Waals surface area contributed by atoms with Crippen molar-refractivity contribution >= 4 is 40.2 Å². The van der Waals surface area contributed by atoms with E-state index < -0.39 is 11.8 Å². The molecule has 0 saturated heterocycles. The number of nitrogens with zero attached hydrogens (tertiary/aromatic N) is 1. The van der Waals surface area contributed by atoms with Crippen molar-refractivity contribution in [3.8, 4) is 0 Å². The van der Waals surface area contributed by atoms with Crippen LogP contribution in [-0.2, 0) is 9.59 Å². The zero-order valence-corrected chi connectivity index (χ0v) is 13.9. The minimum absolute atomic E-state index is 0.0660. The summed E-state index contributed by atoms with van der Waals surface area (Å²) in [6.07, 6.45) is 4.62.